The second-order valence-corrected chi connectivity index (χ2v) is 4.87. The van der Waals surface area contributed by atoms with Crippen molar-refractivity contribution < 1.29 is 4.79 Å². The van der Waals surface area contributed by atoms with Gasteiger partial charge in [0.25, 0.3) is 0 Å². The Hall–Kier alpha value is -2.95. The maximum atomic E-state index is 11.2. The van der Waals surface area contributed by atoms with E-state index in [9.17, 15) is 4.79 Å². The van der Waals surface area contributed by atoms with Gasteiger partial charge in [0.15, 0.2) is 0 Å². The molecule has 0 saturated carbocycles. The summed E-state index contributed by atoms with van der Waals surface area (Å²) in [5, 5.41) is 8.29. The summed E-state index contributed by atoms with van der Waals surface area (Å²) in [6.07, 6.45) is 3.86. The van der Waals surface area contributed by atoms with E-state index >= 15 is 0 Å². The summed E-state index contributed by atoms with van der Waals surface area (Å²) in [6, 6.07) is 15.0. The van der Waals surface area contributed by atoms with E-state index in [1.54, 1.807) is 22.9 Å². The maximum absolute atomic E-state index is 11.2. The molecule has 2 aromatic carbocycles. The average molecular weight is 291 g/mol. The summed E-state index contributed by atoms with van der Waals surface area (Å²) in [5.41, 5.74) is 9.33. The van der Waals surface area contributed by atoms with Crippen molar-refractivity contribution in [2.45, 2.75) is 6.92 Å². The number of aromatic nitrogens is 3. The fourth-order valence-electron chi connectivity index (χ4n) is 2.17. The molecule has 0 spiro atoms. The van der Waals surface area contributed by atoms with E-state index < -0.39 is 5.91 Å². The van der Waals surface area contributed by atoms with Crippen LogP contribution in [0.4, 0.5) is 0 Å². The van der Waals surface area contributed by atoms with Crippen LogP contribution in [0.15, 0.2) is 54.7 Å². The third-order valence-corrected chi connectivity index (χ3v) is 3.43. The molecule has 0 aliphatic heterocycles. The van der Waals surface area contributed by atoms with Gasteiger partial charge in [-0.05, 0) is 36.2 Å². The van der Waals surface area contributed by atoms with Gasteiger partial charge >= 0.3 is 0 Å². The highest BCUT2D eigenvalue weighted by atomic mass is 16.1. The molecular formula is C17H15N4O. The summed E-state index contributed by atoms with van der Waals surface area (Å²) in [4.78, 5) is 11.2. The van der Waals surface area contributed by atoms with E-state index in [1.165, 1.54) is 0 Å². The summed E-state index contributed by atoms with van der Waals surface area (Å²) in [6.45, 7) is 1.99. The normalized spacial score (nSPS) is 10.6. The highest BCUT2D eigenvalue weighted by Gasteiger charge is 2.08. The number of nitrogens with zero attached hydrogens (tertiary/aromatic N) is 3. The van der Waals surface area contributed by atoms with Crippen LogP contribution in [0, 0.1) is 6.42 Å². The second-order valence-electron chi connectivity index (χ2n) is 4.87. The fourth-order valence-corrected chi connectivity index (χ4v) is 2.17. The van der Waals surface area contributed by atoms with Crippen LogP contribution in [0.2, 0.25) is 0 Å². The largest absolute Gasteiger partial charge is 0.366 e. The molecule has 0 unspecified atom stereocenters. The molecule has 22 heavy (non-hydrogen) atoms. The first-order valence-corrected chi connectivity index (χ1v) is 6.90. The van der Waals surface area contributed by atoms with Crippen molar-refractivity contribution in [3.8, 4) is 16.9 Å². The van der Waals surface area contributed by atoms with Crippen molar-refractivity contribution in [3.63, 3.8) is 0 Å². The van der Waals surface area contributed by atoms with Crippen LogP contribution in [0.1, 0.15) is 22.8 Å². The highest BCUT2D eigenvalue weighted by molar-refractivity contribution is 5.93. The minimum atomic E-state index is -0.458. The Morgan fingerprint density at radius 2 is 1.95 bits per heavy atom. The van der Waals surface area contributed by atoms with Gasteiger partial charge in [-0.25, -0.2) is 4.68 Å². The second kappa shape index (κ2) is 5.81. The van der Waals surface area contributed by atoms with E-state index in [4.69, 9.17) is 5.73 Å². The predicted octanol–water partition coefficient (Wildman–Crippen LogP) is 2.61. The molecule has 1 aromatic heterocycles. The number of benzene rings is 2. The first-order valence-electron chi connectivity index (χ1n) is 6.90. The molecule has 0 aliphatic rings. The summed E-state index contributed by atoms with van der Waals surface area (Å²) >= 11 is 0. The predicted molar refractivity (Wildman–Crippen MR) is 84.4 cm³/mol. The number of primary amides is 1. The molecule has 3 aromatic rings. The van der Waals surface area contributed by atoms with Crippen molar-refractivity contribution in [2.24, 2.45) is 5.73 Å². The molecule has 3 rings (SSSR count). The van der Waals surface area contributed by atoms with Gasteiger partial charge in [-0.15, -0.1) is 5.10 Å². The zero-order chi connectivity index (χ0) is 15.5. The quantitative estimate of drug-likeness (QED) is 0.803. The van der Waals surface area contributed by atoms with E-state index in [2.05, 4.69) is 10.3 Å². The van der Waals surface area contributed by atoms with Crippen molar-refractivity contribution in [1.29, 1.82) is 0 Å². The Balaban J connectivity index is 1.93. The third-order valence-electron chi connectivity index (χ3n) is 3.43. The molecule has 1 amide bonds. The minimum absolute atomic E-state index is 0.454. The molecule has 1 heterocycles. The Morgan fingerprint density at radius 3 is 2.64 bits per heavy atom. The van der Waals surface area contributed by atoms with Crippen molar-refractivity contribution in [2.75, 3.05) is 0 Å². The van der Waals surface area contributed by atoms with Gasteiger partial charge in [-0.2, -0.15) is 0 Å². The Morgan fingerprint density at radius 1 is 1.18 bits per heavy atom. The monoisotopic (exact) mass is 291 g/mol. The Labute approximate surface area is 128 Å². The molecule has 0 bridgehead atoms. The molecule has 0 fully saturated rings. The first-order chi connectivity index (χ1) is 10.7. The van der Waals surface area contributed by atoms with Gasteiger partial charge < -0.3 is 5.73 Å². The number of hydrogen-bond donors (Lipinski definition) is 1. The fraction of sp³-hybridized carbons (Fsp3) is 0.0588. The lowest BCUT2D eigenvalue weighted by Gasteiger charge is -2.01. The zero-order valence-electron chi connectivity index (χ0n) is 12.1. The van der Waals surface area contributed by atoms with E-state index in [-0.39, 0.29) is 0 Å². The minimum Gasteiger partial charge on any atom is -0.366 e. The van der Waals surface area contributed by atoms with Crippen molar-refractivity contribution in [1.82, 2.24) is 15.0 Å². The molecule has 0 aliphatic carbocycles. The van der Waals surface area contributed by atoms with E-state index in [0.717, 1.165) is 16.8 Å². The number of nitrogens with two attached hydrogens (primary N) is 1. The van der Waals surface area contributed by atoms with Crippen LogP contribution in [-0.2, 0) is 0 Å². The van der Waals surface area contributed by atoms with Gasteiger partial charge in [0.1, 0.15) is 5.69 Å². The maximum Gasteiger partial charge on any atom is 0.248 e. The SMILES string of the molecule is C[CH]c1ccc(-n2cc(-c3cccc(C(N)=O)c3)nn2)cc1. The van der Waals surface area contributed by atoms with E-state index in [1.807, 2.05) is 49.9 Å². The third kappa shape index (κ3) is 2.74. The van der Waals surface area contributed by atoms with Crippen molar-refractivity contribution >= 4 is 5.91 Å². The van der Waals surface area contributed by atoms with Crippen LogP contribution >= 0.6 is 0 Å². The lowest BCUT2D eigenvalue weighted by atomic mass is 10.1. The number of rotatable bonds is 4. The van der Waals surface area contributed by atoms with Crippen molar-refractivity contribution in [3.05, 3.63) is 72.3 Å². The van der Waals surface area contributed by atoms with Gasteiger partial charge in [0.2, 0.25) is 5.91 Å². The highest BCUT2D eigenvalue weighted by Crippen LogP contribution is 2.19. The summed E-state index contributed by atoms with van der Waals surface area (Å²) < 4.78 is 1.70. The lowest BCUT2D eigenvalue weighted by molar-refractivity contribution is 0.100. The lowest BCUT2D eigenvalue weighted by Crippen LogP contribution is -2.10. The van der Waals surface area contributed by atoms with Crippen LogP contribution in [0.5, 0.6) is 0 Å². The molecule has 0 atom stereocenters. The molecular weight excluding hydrogens is 276 g/mol. The number of hydrogen-bond acceptors (Lipinski definition) is 3. The molecule has 2 N–H and O–H groups in total. The summed E-state index contributed by atoms with van der Waals surface area (Å²) in [5.74, 6) is -0.458. The van der Waals surface area contributed by atoms with Crippen LogP contribution in [0.25, 0.3) is 16.9 Å². The van der Waals surface area contributed by atoms with Crippen LogP contribution < -0.4 is 5.73 Å². The van der Waals surface area contributed by atoms with Gasteiger partial charge in [-0.3, -0.25) is 4.79 Å². The number of amides is 1. The number of carbonyl (C=O) groups excluding carboxylic acids is 1. The zero-order valence-corrected chi connectivity index (χ0v) is 12.1. The smallest absolute Gasteiger partial charge is 0.248 e. The first kappa shape index (κ1) is 14.0. The Kier molecular flexibility index (Phi) is 3.70. The Bertz CT molecular complexity index is 806. The van der Waals surface area contributed by atoms with Gasteiger partial charge in [0, 0.05) is 11.1 Å². The molecule has 0 saturated heterocycles. The topological polar surface area (TPSA) is 73.8 Å². The van der Waals surface area contributed by atoms with Gasteiger partial charge in [-0.1, -0.05) is 36.4 Å². The molecule has 109 valence electrons. The summed E-state index contributed by atoms with van der Waals surface area (Å²) in [7, 11) is 0. The van der Waals surface area contributed by atoms with Gasteiger partial charge in [0.05, 0.1) is 11.9 Å². The standard InChI is InChI=1S/C17H15N4O/c1-2-12-6-8-15(9-7-12)21-11-16(19-20-21)13-4-3-5-14(10-13)17(18)22/h2-11H,1H3,(H2,18,22). The molecule has 5 nitrogen and oxygen atoms in total. The van der Waals surface area contributed by atoms with Crippen LogP contribution in [0.3, 0.4) is 0 Å². The molecule has 1 radical (unpaired) electrons. The average Bonchev–Trinajstić information content (AvgIpc) is 3.05. The van der Waals surface area contributed by atoms with Crippen LogP contribution in [-0.4, -0.2) is 20.9 Å². The van der Waals surface area contributed by atoms with E-state index in [0.29, 0.717) is 11.3 Å². The number of carbonyl (C=O) groups is 1. The molecule has 5 heteroatoms.